The van der Waals surface area contributed by atoms with Crippen LogP contribution in [0.3, 0.4) is 0 Å². The highest BCUT2D eigenvalue weighted by atomic mass is 32.1. The molecule has 0 saturated carbocycles. The molecule has 114 valence electrons. The second-order valence-electron chi connectivity index (χ2n) is 5.21. The van der Waals surface area contributed by atoms with E-state index in [2.05, 4.69) is 4.98 Å². The fourth-order valence-corrected chi connectivity index (χ4v) is 2.97. The van der Waals surface area contributed by atoms with E-state index in [1.807, 2.05) is 4.57 Å². The van der Waals surface area contributed by atoms with Gasteiger partial charge in [-0.1, -0.05) is 0 Å². The molecule has 1 aliphatic heterocycles. The van der Waals surface area contributed by atoms with Crippen molar-refractivity contribution >= 4 is 23.3 Å². The number of hydrogen-bond acceptors (Lipinski definition) is 4. The van der Waals surface area contributed by atoms with Crippen molar-refractivity contribution < 1.29 is 18.6 Å². The van der Waals surface area contributed by atoms with E-state index in [9.17, 15) is 4.39 Å². The fourth-order valence-electron chi connectivity index (χ4n) is 2.70. The second-order valence-corrected chi connectivity index (χ2v) is 5.60. The molecule has 1 N–H and O–H groups in total. The summed E-state index contributed by atoms with van der Waals surface area (Å²) in [6.07, 6.45) is 0.802. The van der Waals surface area contributed by atoms with Crippen molar-refractivity contribution in [3.05, 3.63) is 22.7 Å². The average molecular weight is 312 g/mol. The van der Waals surface area contributed by atoms with Gasteiger partial charge in [0.1, 0.15) is 5.60 Å². The number of H-pyrrole nitrogens is 1. The largest absolute Gasteiger partial charge is 0.494 e. The maximum absolute atomic E-state index is 13.8. The van der Waals surface area contributed by atoms with E-state index in [-0.39, 0.29) is 5.75 Å². The lowest BCUT2D eigenvalue weighted by atomic mass is 10.0. The zero-order chi connectivity index (χ0) is 15.0. The van der Waals surface area contributed by atoms with Gasteiger partial charge in [-0.25, -0.2) is 4.39 Å². The monoisotopic (exact) mass is 312 g/mol. The second kappa shape index (κ2) is 5.40. The van der Waals surface area contributed by atoms with Gasteiger partial charge in [-0.2, -0.15) is 0 Å². The first-order valence-electron chi connectivity index (χ1n) is 6.67. The Labute approximate surface area is 126 Å². The zero-order valence-corrected chi connectivity index (χ0v) is 12.8. The van der Waals surface area contributed by atoms with Crippen LogP contribution in [-0.4, -0.2) is 42.6 Å². The number of ether oxygens (including phenoxy) is 3. The first-order valence-corrected chi connectivity index (χ1v) is 7.08. The Morgan fingerprint density at radius 3 is 2.90 bits per heavy atom. The van der Waals surface area contributed by atoms with Gasteiger partial charge in [-0.05, 0) is 12.2 Å². The van der Waals surface area contributed by atoms with Crippen molar-refractivity contribution in [1.29, 1.82) is 0 Å². The Hall–Kier alpha value is -1.44. The van der Waals surface area contributed by atoms with Crippen LogP contribution in [-0.2, 0) is 16.0 Å². The molecule has 1 aliphatic rings. The summed E-state index contributed by atoms with van der Waals surface area (Å²) in [5.74, 6) is -0.224. The summed E-state index contributed by atoms with van der Waals surface area (Å²) in [6, 6.07) is 3.04. The molecule has 5 nitrogen and oxygen atoms in total. The highest BCUT2D eigenvalue weighted by Crippen LogP contribution is 2.29. The maximum atomic E-state index is 13.8. The number of hydrogen-bond donors (Lipinski definition) is 1. The summed E-state index contributed by atoms with van der Waals surface area (Å²) in [5, 5.41) is 0. The Kier molecular flexibility index (Phi) is 3.73. The van der Waals surface area contributed by atoms with Gasteiger partial charge in [0.05, 0.1) is 31.3 Å². The summed E-state index contributed by atoms with van der Waals surface area (Å²) in [7, 11) is 3.12. The number of imidazole rings is 1. The molecular weight excluding hydrogens is 295 g/mol. The lowest BCUT2D eigenvalue weighted by Crippen LogP contribution is -2.37. The van der Waals surface area contributed by atoms with E-state index in [0.29, 0.717) is 30.0 Å². The van der Waals surface area contributed by atoms with E-state index in [1.54, 1.807) is 13.2 Å². The van der Waals surface area contributed by atoms with Crippen molar-refractivity contribution in [2.45, 2.75) is 18.6 Å². The number of nitrogens with zero attached hydrogens (tertiary/aromatic N) is 1. The standard InChI is InChI=1S/C14H17FN2O3S/c1-18-12-6-11-10(5-9(12)15)16-13(21)17(11)7-14(19-2)3-4-20-8-14/h5-6H,3-4,7-8H2,1-2H3,(H,16,21). The fraction of sp³-hybridized carbons (Fsp3) is 0.500. The van der Waals surface area contributed by atoms with Crippen LogP contribution in [0, 0.1) is 10.6 Å². The highest BCUT2D eigenvalue weighted by Gasteiger charge is 2.36. The summed E-state index contributed by atoms with van der Waals surface area (Å²) >= 11 is 5.36. The third kappa shape index (κ3) is 2.45. The highest BCUT2D eigenvalue weighted by molar-refractivity contribution is 7.71. The Balaban J connectivity index is 2.09. The van der Waals surface area contributed by atoms with Crippen LogP contribution in [0.25, 0.3) is 11.0 Å². The number of aromatic amines is 1. The Bertz CT molecular complexity index is 719. The Morgan fingerprint density at radius 2 is 2.29 bits per heavy atom. The number of benzene rings is 1. The van der Waals surface area contributed by atoms with Crippen molar-refractivity contribution in [3.8, 4) is 5.75 Å². The molecule has 3 rings (SSSR count). The number of rotatable bonds is 4. The van der Waals surface area contributed by atoms with Crippen LogP contribution < -0.4 is 4.74 Å². The predicted molar refractivity (Wildman–Crippen MR) is 78.8 cm³/mol. The van der Waals surface area contributed by atoms with Gasteiger partial charge in [0, 0.05) is 32.3 Å². The predicted octanol–water partition coefficient (Wildman–Crippen LogP) is 2.65. The number of aromatic nitrogens is 2. The molecule has 1 aromatic carbocycles. The number of halogens is 1. The van der Waals surface area contributed by atoms with Gasteiger partial charge in [0.25, 0.3) is 0 Å². The summed E-state index contributed by atoms with van der Waals surface area (Å²) in [4.78, 5) is 3.02. The minimum absolute atomic E-state index is 0.194. The first kappa shape index (κ1) is 14.5. The van der Waals surface area contributed by atoms with Gasteiger partial charge in [0.15, 0.2) is 16.3 Å². The molecule has 7 heteroatoms. The minimum Gasteiger partial charge on any atom is -0.494 e. The molecule has 0 radical (unpaired) electrons. The molecule has 2 heterocycles. The minimum atomic E-state index is -0.418. The molecular formula is C14H17FN2O3S. The quantitative estimate of drug-likeness (QED) is 0.882. The van der Waals surface area contributed by atoms with Gasteiger partial charge in [-0.3, -0.25) is 0 Å². The smallest absolute Gasteiger partial charge is 0.178 e. The van der Waals surface area contributed by atoms with Crippen molar-refractivity contribution in [1.82, 2.24) is 9.55 Å². The molecule has 2 aromatic rings. The van der Waals surface area contributed by atoms with Crippen LogP contribution in [0.2, 0.25) is 0 Å². The lowest BCUT2D eigenvalue weighted by Gasteiger charge is -2.26. The topological polar surface area (TPSA) is 48.4 Å². The van der Waals surface area contributed by atoms with Crippen molar-refractivity contribution in [2.24, 2.45) is 0 Å². The van der Waals surface area contributed by atoms with E-state index in [1.165, 1.54) is 13.2 Å². The number of methoxy groups -OCH3 is 2. The number of fused-ring (bicyclic) bond motifs is 1. The van der Waals surface area contributed by atoms with E-state index in [4.69, 9.17) is 26.4 Å². The zero-order valence-electron chi connectivity index (χ0n) is 11.9. The molecule has 21 heavy (non-hydrogen) atoms. The van der Waals surface area contributed by atoms with E-state index >= 15 is 0 Å². The lowest BCUT2D eigenvalue weighted by molar-refractivity contribution is -0.0290. The van der Waals surface area contributed by atoms with Gasteiger partial charge in [-0.15, -0.1) is 0 Å². The van der Waals surface area contributed by atoms with Gasteiger partial charge < -0.3 is 23.8 Å². The summed E-state index contributed by atoms with van der Waals surface area (Å²) in [5.41, 5.74) is 1.04. The molecule has 0 aliphatic carbocycles. The molecule has 0 spiro atoms. The summed E-state index contributed by atoms with van der Waals surface area (Å²) in [6.45, 7) is 1.74. The van der Waals surface area contributed by atoms with Crippen LogP contribution in [0.1, 0.15) is 6.42 Å². The van der Waals surface area contributed by atoms with E-state index in [0.717, 1.165) is 11.9 Å². The SMILES string of the molecule is COc1cc2c(cc1F)[nH]c(=S)n2CC1(OC)CCOC1. The van der Waals surface area contributed by atoms with Crippen LogP contribution in [0.5, 0.6) is 5.75 Å². The first-order chi connectivity index (χ1) is 10.1. The van der Waals surface area contributed by atoms with Crippen molar-refractivity contribution in [3.63, 3.8) is 0 Å². The summed E-state index contributed by atoms with van der Waals surface area (Å²) < 4.78 is 32.4. The molecule has 1 unspecified atom stereocenters. The Morgan fingerprint density at radius 1 is 1.48 bits per heavy atom. The molecule has 1 atom stereocenters. The molecule has 0 bridgehead atoms. The van der Waals surface area contributed by atoms with E-state index < -0.39 is 11.4 Å². The molecule has 1 saturated heterocycles. The average Bonchev–Trinajstić information content (AvgIpc) is 3.05. The van der Waals surface area contributed by atoms with Crippen LogP contribution in [0.15, 0.2) is 12.1 Å². The normalized spacial score (nSPS) is 22.0. The molecule has 1 aromatic heterocycles. The van der Waals surface area contributed by atoms with Gasteiger partial charge in [0.2, 0.25) is 0 Å². The van der Waals surface area contributed by atoms with Gasteiger partial charge >= 0.3 is 0 Å². The van der Waals surface area contributed by atoms with Crippen molar-refractivity contribution in [2.75, 3.05) is 27.4 Å². The van der Waals surface area contributed by atoms with Crippen LogP contribution in [0.4, 0.5) is 4.39 Å². The number of nitrogens with one attached hydrogen (secondary N) is 1. The third-order valence-electron chi connectivity index (χ3n) is 3.99. The maximum Gasteiger partial charge on any atom is 0.178 e. The third-order valence-corrected chi connectivity index (χ3v) is 4.32. The molecule has 1 fully saturated rings. The van der Waals surface area contributed by atoms with Crippen LogP contribution >= 0.6 is 12.2 Å². The molecule has 0 amide bonds.